The van der Waals surface area contributed by atoms with E-state index in [2.05, 4.69) is 25.9 Å². The SMILES string of the molecule is Cc1cc2cccc(NC=C(C#N)c3nn[nH]n3)c2o1. The fraction of sp³-hybridized carbons (Fsp3) is 0.0769. The molecule has 0 aliphatic carbocycles. The van der Waals surface area contributed by atoms with Crippen LogP contribution in [0.15, 0.2) is 34.9 Å². The number of hydrogen-bond donors (Lipinski definition) is 2. The van der Waals surface area contributed by atoms with E-state index in [-0.39, 0.29) is 11.4 Å². The van der Waals surface area contributed by atoms with Gasteiger partial charge in [-0.05, 0) is 24.3 Å². The van der Waals surface area contributed by atoms with Crippen LogP contribution < -0.4 is 5.32 Å². The summed E-state index contributed by atoms with van der Waals surface area (Å²) in [6.07, 6.45) is 1.53. The number of H-pyrrole nitrogens is 1. The summed E-state index contributed by atoms with van der Waals surface area (Å²) < 4.78 is 5.63. The highest BCUT2D eigenvalue weighted by Gasteiger charge is 2.08. The number of nitrogens with zero attached hydrogens (tertiary/aromatic N) is 4. The van der Waals surface area contributed by atoms with Crippen LogP contribution in [-0.2, 0) is 0 Å². The Kier molecular flexibility index (Phi) is 2.89. The maximum absolute atomic E-state index is 9.09. The molecule has 0 saturated carbocycles. The van der Waals surface area contributed by atoms with E-state index in [0.717, 1.165) is 22.4 Å². The Morgan fingerprint density at radius 1 is 1.50 bits per heavy atom. The highest BCUT2D eigenvalue weighted by Crippen LogP contribution is 2.26. The van der Waals surface area contributed by atoms with Crippen LogP contribution in [0.2, 0.25) is 0 Å². The molecule has 0 fully saturated rings. The Labute approximate surface area is 113 Å². The van der Waals surface area contributed by atoms with Gasteiger partial charge >= 0.3 is 0 Å². The fourth-order valence-corrected chi connectivity index (χ4v) is 1.88. The van der Waals surface area contributed by atoms with Crippen LogP contribution in [0.1, 0.15) is 11.6 Å². The number of allylic oxidation sites excluding steroid dienone is 1. The van der Waals surface area contributed by atoms with Crippen molar-refractivity contribution in [3.8, 4) is 6.07 Å². The predicted octanol–water partition coefficient (Wildman–Crippen LogP) is 2.23. The molecule has 0 amide bonds. The number of aromatic nitrogens is 4. The first-order valence-electron chi connectivity index (χ1n) is 5.87. The summed E-state index contributed by atoms with van der Waals surface area (Å²) in [7, 11) is 0. The number of anilines is 1. The van der Waals surface area contributed by atoms with Gasteiger partial charge in [0, 0.05) is 11.6 Å². The van der Waals surface area contributed by atoms with Gasteiger partial charge in [-0.25, -0.2) is 0 Å². The quantitative estimate of drug-likeness (QED) is 0.704. The predicted molar refractivity (Wildman–Crippen MR) is 72.3 cm³/mol. The third-order valence-corrected chi connectivity index (χ3v) is 2.75. The van der Waals surface area contributed by atoms with Crippen molar-refractivity contribution in [1.82, 2.24) is 20.6 Å². The molecule has 1 aromatic carbocycles. The topological polar surface area (TPSA) is 103 Å². The number of para-hydroxylation sites is 1. The second kappa shape index (κ2) is 4.85. The molecule has 0 aliphatic rings. The minimum atomic E-state index is 0.239. The summed E-state index contributed by atoms with van der Waals surface area (Å²) in [6, 6.07) is 9.71. The third kappa shape index (κ3) is 2.10. The first kappa shape index (κ1) is 11.9. The van der Waals surface area contributed by atoms with Crippen LogP contribution in [0.5, 0.6) is 0 Å². The van der Waals surface area contributed by atoms with Crippen LogP contribution in [0, 0.1) is 18.3 Å². The molecule has 0 radical (unpaired) electrons. The Morgan fingerprint density at radius 3 is 3.15 bits per heavy atom. The second-order valence-electron chi connectivity index (χ2n) is 4.13. The number of tetrazole rings is 1. The van der Waals surface area contributed by atoms with Crippen LogP contribution in [0.3, 0.4) is 0 Å². The first-order chi connectivity index (χ1) is 9.78. The van der Waals surface area contributed by atoms with Gasteiger partial charge in [0.05, 0.1) is 5.69 Å². The zero-order chi connectivity index (χ0) is 13.9. The molecule has 0 bridgehead atoms. The Balaban J connectivity index is 1.95. The average molecular weight is 266 g/mol. The molecule has 98 valence electrons. The summed E-state index contributed by atoms with van der Waals surface area (Å²) in [5.74, 6) is 1.07. The molecule has 0 unspecified atom stereocenters. The number of benzene rings is 1. The number of furan rings is 1. The summed E-state index contributed by atoms with van der Waals surface area (Å²) in [5, 5.41) is 26.4. The van der Waals surface area contributed by atoms with Crippen molar-refractivity contribution in [2.45, 2.75) is 6.92 Å². The summed E-state index contributed by atoms with van der Waals surface area (Å²) in [6.45, 7) is 1.89. The Hall–Kier alpha value is -3.14. The molecule has 0 saturated heterocycles. The van der Waals surface area contributed by atoms with Gasteiger partial charge in [-0.15, -0.1) is 10.2 Å². The van der Waals surface area contributed by atoms with Crippen LogP contribution in [0.25, 0.3) is 16.5 Å². The first-order valence-corrected chi connectivity index (χ1v) is 5.87. The van der Waals surface area contributed by atoms with Gasteiger partial charge in [0.1, 0.15) is 17.4 Å². The largest absolute Gasteiger partial charge is 0.459 e. The van der Waals surface area contributed by atoms with E-state index in [0.29, 0.717) is 0 Å². The maximum Gasteiger partial charge on any atom is 0.216 e. The molecular formula is C13H10N6O. The van der Waals surface area contributed by atoms with E-state index in [9.17, 15) is 0 Å². The minimum Gasteiger partial charge on any atom is -0.459 e. The summed E-state index contributed by atoms with van der Waals surface area (Å²) >= 11 is 0. The number of aromatic amines is 1. The van der Waals surface area contributed by atoms with Crippen LogP contribution >= 0.6 is 0 Å². The molecule has 2 N–H and O–H groups in total. The van der Waals surface area contributed by atoms with E-state index < -0.39 is 0 Å². The molecule has 0 aliphatic heterocycles. The lowest BCUT2D eigenvalue weighted by atomic mass is 10.2. The zero-order valence-electron chi connectivity index (χ0n) is 10.6. The molecule has 3 rings (SSSR count). The average Bonchev–Trinajstić information content (AvgIpc) is 3.08. The molecule has 3 aromatic rings. The Bertz CT molecular complexity index is 809. The second-order valence-corrected chi connectivity index (χ2v) is 4.13. The standard InChI is InChI=1S/C13H10N6O/c1-8-5-9-3-2-4-11(12(9)20-8)15-7-10(6-14)13-16-18-19-17-13/h2-5,7,15H,1H3,(H,16,17,18,19). The van der Waals surface area contributed by atoms with Crippen molar-refractivity contribution in [3.63, 3.8) is 0 Å². The number of fused-ring (bicyclic) bond motifs is 1. The highest BCUT2D eigenvalue weighted by atomic mass is 16.3. The lowest BCUT2D eigenvalue weighted by molar-refractivity contribution is 0.579. The van der Waals surface area contributed by atoms with E-state index in [1.54, 1.807) is 0 Å². The molecule has 0 spiro atoms. The van der Waals surface area contributed by atoms with Gasteiger partial charge < -0.3 is 9.73 Å². The van der Waals surface area contributed by atoms with E-state index in [4.69, 9.17) is 9.68 Å². The van der Waals surface area contributed by atoms with E-state index in [1.165, 1.54) is 6.20 Å². The number of nitriles is 1. The fourth-order valence-electron chi connectivity index (χ4n) is 1.88. The van der Waals surface area contributed by atoms with Gasteiger partial charge in [-0.2, -0.15) is 10.5 Å². The number of nitrogens with one attached hydrogen (secondary N) is 2. The van der Waals surface area contributed by atoms with Gasteiger partial charge in [0.2, 0.25) is 5.82 Å². The monoisotopic (exact) mass is 266 g/mol. The highest BCUT2D eigenvalue weighted by molar-refractivity contribution is 5.90. The van der Waals surface area contributed by atoms with Gasteiger partial charge in [-0.1, -0.05) is 12.1 Å². The smallest absolute Gasteiger partial charge is 0.216 e. The van der Waals surface area contributed by atoms with Crippen molar-refractivity contribution in [2.24, 2.45) is 0 Å². The van der Waals surface area contributed by atoms with Gasteiger partial charge in [0.15, 0.2) is 5.58 Å². The lowest BCUT2D eigenvalue weighted by Crippen LogP contribution is -1.93. The minimum absolute atomic E-state index is 0.239. The zero-order valence-corrected chi connectivity index (χ0v) is 10.6. The number of hydrogen-bond acceptors (Lipinski definition) is 6. The van der Waals surface area contributed by atoms with Crippen molar-refractivity contribution in [2.75, 3.05) is 5.32 Å². The molecule has 0 atom stereocenters. The van der Waals surface area contributed by atoms with Crippen LogP contribution in [-0.4, -0.2) is 20.6 Å². The molecule has 7 heteroatoms. The number of aryl methyl sites for hydroxylation is 1. The number of rotatable bonds is 3. The molecule has 20 heavy (non-hydrogen) atoms. The molecule has 7 nitrogen and oxygen atoms in total. The maximum atomic E-state index is 9.09. The van der Waals surface area contributed by atoms with Crippen molar-refractivity contribution < 1.29 is 4.42 Å². The Morgan fingerprint density at radius 2 is 2.40 bits per heavy atom. The summed E-state index contributed by atoms with van der Waals surface area (Å²) in [4.78, 5) is 0. The van der Waals surface area contributed by atoms with Crippen molar-refractivity contribution in [3.05, 3.63) is 42.1 Å². The van der Waals surface area contributed by atoms with Crippen molar-refractivity contribution >= 4 is 22.2 Å². The lowest BCUT2D eigenvalue weighted by Gasteiger charge is -2.01. The molecule has 2 heterocycles. The third-order valence-electron chi connectivity index (χ3n) is 2.75. The molecular weight excluding hydrogens is 256 g/mol. The summed E-state index contributed by atoms with van der Waals surface area (Å²) in [5.41, 5.74) is 1.79. The van der Waals surface area contributed by atoms with E-state index in [1.807, 2.05) is 37.3 Å². The van der Waals surface area contributed by atoms with Gasteiger partial charge in [-0.3, -0.25) is 0 Å². The van der Waals surface area contributed by atoms with E-state index >= 15 is 0 Å². The normalized spacial score (nSPS) is 11.5. The van der Waals surface area contributed by atoms with Crippen molar-refractivity contribution in [1.29, 1.82) is 5.26 Å². The van der Waals surface area contributed by atoms with Crippen LogP contribution in [0.4, 0.5) is 5.69 Å². The van der Waals surface area contributed by atoms with Gasteiger partial charge in [0.25, 0.3) is 0 Å². The molecule has 2 aromatic heterocycles.